The first-order chi connectivity index (χ1) is 16.3. The van der Waals surface area contributed by atoms with Crippen LogP contribution in [-0.2, 0) is 9.47 Å². The van der Waals surface area contributed by atoms with Crippen LogP contribution in [0.5, 0.6) is 0 Å². The molecule has 0 saturated heterocycles. The van der Waals surface area contributed by atoms with Gasteiger partial charge in [-0.05, 0) is 111 Å². The van der Waals surface area contributed by atoms with Gasteiger partial charge in [0.2, 0.25) is 0 Å². The summed E-state index contributed by atoms with van der Waals surface area (Å²) in [7, 11) is 0. The van der Waals surface area contributed by atoms with Crippen LogP contribution in [-0.4, -0.2) is 44.6 Å². The van der Waals surface area contributed by atoms with E-state index in [-0.39, 0.29) is 5.92 Å². The maximum atomic E-state index is 12.8. The third-order valence-electron chi connectivity index (χ3n) is 7.05. The van der Waals surface area contributed by atoms with E-state index in [0.29, 0.717) is 18.5 Å². The van der Waals surface area contributed by atoms with E-state index in [1.165, 1.54) is 54.5 Å². The van der Waals surface area contributed by atoms with Gasteiger partial charge in [-0.2, -0.15) is 5.10 Å². The number of hydrogen-bond acceptors (Lipinski definition) is 5. The van der Waals surface area contributed by atoms with Crippen LogP contribution in [0.15, 0.2) is 11.8 Å². The van der Waals surface area contributed by atoms with E-state index in [2.05, 4.69) is 17.8 Å². The fraction of sp³-hybridized carbons (Fsp3) is 0.750. The van der Waals surface area contributed by atoms with Crippen LogP contribution in [0, 0.1) is 5.92 Å². The van der Waals surface area contributed by atoms with Crippen molar-refractivity contribution >= 4 is 17.8 Å². The molecule has 0 aliphatic heterocycles. The summed E-state index contributed by atoms with van der Waals surface area (Å²) in [5.74, 6) is 0.812. The Hall–Kier alpha value is -2.31. The lowest BCUT2D eigenvalue weighted by Gasteiger charge is -2.38. The minimum Gasteiger partial charge on any atom is -0.443 e. The highest BCUT2D eigenvalue weighted by Crippen LogP contribution is 2.46. The molecule has 194 valence electrons. The minimum atomic E-state index is -0.684. The Morgan fingerprint density at radius 1 is 1.00 bits per heavy atom. The van der Waals surface area contributed by atoms with Gasteiger partial charge in [0.1, 0.15) is 11.2 Å². The zero-order valence-corrected chi connectivity index (χ0v) is 22.6. The van der Waals surface area contributed by atoms with E-state index in [1.54, 1.807) is 41.5 Å². The van der Waals surface area contributed by atoms with E-state index in [9.17, 15) is 9.59 Å². The molecule has 1 aromatic heterocycles. The summed E-state index contributed by atoms with van der Waals surface area (Å²) in [6.07, 6.45) is 10.1. The van der Waals surface area contributed by atoms with Crippen LogP contribution in [0.4, 0.5) is 9.59 Å². The van der Waals surface area contributed by atoms with Crippen LogP contribution >= 0.6 is 0 Å². The van der Waals surface area contributed by atoms with Gasteiger partial charge < -0.3 is 9.47 Å². The molecule has 2 fully saturated rings. The number of aromatic nitrogens is 2. The molecular weight excluding hydrogens is 442 g/mol. The lowest BCUT2D eigenvalue weighted by atomic mass is 9.80. The van der Waals surface area contributed by atoms with E-state index in [0.717, 1.165) is 24.2 Å². The van der Waals surface area contributed by atoms with Crippen LogP contribution < -0.4 is 0 Å². The number of carbonyl (C=O) groups excluding carboxylic acids is 2. The number of amides is 2. The molecular formula is C28H43N3O4. The maximum Gasteiger partial charge on any atom is 0.419 e. The minimum absolute atomic E-state index is 0.202. The summed E-state index contributed by atoms with van der Waals surface area (Å²) in [5.41, 5.74) is 4.33. The number of nitrogens with zero attached hydrogens (tertiary/aromatic N) is 3. The molecule has 3 aliphatic rings. The number of carbonyl (C=O) groups is 2. The number of imide groups is 1. The number of ether oxygens (including phenoxy) is 2. The van der Waals surface area contributed by atoms with Gasteiger partial charge >= 0.3 is 12.2 Å². The molecule has 7 heteroatoms. The first kappa shape index (κ1) is 25.8. The van der Waals surface area contributed by atoms with Crippen LogP contribution in [0.25, 0.3) is 5.57 Å². The Bertz CT molecular complexity index is 957. The zero-order chi connectivity index (χ0) is 25.5. The second kappa shape index (κ2) is 9.62. The molecule has 2 amide bonds. The largest absolute Gasteiger partial charge is 0.443 e. The van der Waals surface area contributed by atoms with Crippen LogP contribution in [0.2, 0.25) is 0 Å². The van der Waals surface area contributed by atoms with Gasteiger partial charge in [-0.1, -0.05) is 5.57 Å². The number of allylic oxidation sites excluding steroid dienone is 2. The molecule has 0 N–H and O–H groups in total. The van der Waals surface area contributed by atoms with Crippen molar-refractivity contribution in [1.29, 1.82) is 0 Å². The Balaban J connectivity index is 1.44. The normalized spacial score (nSPS) is 23.1. The zero-order valence-electron chi connectivity index (χ0n) is 22.6. The van der Waals surface area contributed by atoms with Gasteiger partial charge in [-0.3, -0.25) is 4.68 Å². The van der Waals surface area contributed by atoms with Crippen molar-refractivity contribution in [2.45, 2.75) is 123 Å². The molecule has 0 unspecified atom stereocenters. The highest BCUT2D eigenvalue weighted by Gasteiger charge is 2.39. The smallest absolute Gasteiger partial charge is 0.419 e. The Morgan fingerprint density at radius 3 is 2.09 bits per heavy atom. The van der Waals surface area contributed by atoms with Crippen molar-refractivity contribution in [3.63, 3.8) is 0 Å². The van der Waals surface area contributed by atoms with Crippen molar-refractivity contribution in [3.05, 3.63) is 23.0 Å². The molecule has 0 bridgehead atoms. The van der Waals surface area contributed by atoms with Crippen molar-refractivity contribution in [3.8, 4) is 0 Å². The third kappa shape index (κ3) is 6.47. The highest BCUT2D eigenvalue weighted by atomic mass is 16.6. The van der Waals surface area contributed by atoms with E-state index >= 15 is 0 Å². The molecule has 2 saturated carbocycles. The Kier molecular flexibility index (Phi) is 7.09. The molecule has 0 aromatic carbocycles. The first-order valence-electron chi connectivity index (χ1n) is 13.3. The summed E-state index contributed by atoms with van der Waals surface area (Å²) < 4.78 is 13.2. The average Bonchev–Trinajstić information content (AvgIpc) is 3.44. The summed E-state index contributed by atoms with van der Waals surface area (Å²) >= 11 is 0. The molecule has 0 spiro atoms. The Labute approximate surface area is 210 Å². The molecule has 3 aliphatic carbocycles. The molecule has 0 radical (unpaired) electrons. The van der Waals surface area contributed by atoms with E-state index < -0.39 is 23.4 Å². The molecule has 35 heavy (non-hydrogen) atoms. The van der Waals surface area contributed by atoms with Crippen molar-refractivity contribution in [2.75, 3.05) is 6.54 Å². The summed E-state index contributed by atoms with van der Waals surface area (Å²) in [6.45, 7) is 13.4. The molecule has 7 nitrogen and oxygen atoms in total. The molecule has 1 aromatic rings. The lowest BCUT2D eigenvalue weighted by molar-refractivity contribution is -0.00641. The summed E-state index contributed by atoms with van der Waals surface area (Å²) in [6, 6.07) is 0.301. The van der Waals surface area contributed by atoms with Gasteiger partial charge in [0, 0.05) is 24.2 Å². The number of hydrogen-bond donors (Lipinski definition) is 0. The molecule has 1 heterocycles. The van der Waals surface area contributed by atoms with E-state index in [1.807, 2.05) is 0 Å². The van der Waals surface area contributed by atoms with Gasteiger partial charge in [-0.25, -0.2) is 14.5 Å². The lowest BCUT2D eigenvalue weighted by Crippen LogP contribution is -2.47. The third-order valence-corrected chi connectivity index (χ3v) is 7.05. The molecule has 0 atom stereocenters. The maximum absolute atomic E-state index is 12.8. The molecule has 4 rings (SSSR count). The van der Waals surface area contributed by atoms with Gasteiger partial charge in [0.15, 0.2) is 0 Å². The second-order valence-corrected chi connectivity index (χ2v) is 12.7. The Morgan fingerprint density at radius 2 is 1.57 bits per heavy atom. The fourth-order valence-corrected chi connectivity index (χ4v) is 5.09. The quantitative estimate of drug-likeness (QED) is 0.440. The highest BCUT2D eigenvalue weighted by molar-refractivity contribution is 5.88. The fourth-order valence-electron chi connectivity index (χ4n) is 5.09. The topological polar surface area (TPSA) is 73.7 Å². The first-order valence-corrected chi connectivity index (χ1v) is 13.3. The monoisotopic (exact) mass is 485 g/mol. The van der Waals surface area contributed by atoms with Crippen molar-refractivity contribution in [1.82, 2.24) is 14.7 Å². The predicted molar refractivity (Wildman–Crippen MR) is 136 cm³/mol. The summed E-state index contributed by atoms with van der Waals surface area (Å²) in [5, 5.41) is 5.07. The van der Waals surface area contributed by atoms with Gasteiger partial charge in [-0.15, -0.1) is 0 Å². The second-order valence-electron chi connectivity index (χ2n) is 12.7. The van der Waals surface area contributed by atoms with Crippen molar-refractivity contribution < 1.29 is 19.1 Å². The SMILES string of the molecule is CC1=C(c2cn(C3CC(CN(C(=O)OC(C)(C)C)C(=O)OC(C)(C)C)C3)nc2C2CC2)CCCC1. The van der Waals surface area contributed by atoms with Gasteiger partial charge in [0.05, 0.1) is 11.7 Å². The predicted octanol–water partition coefficient (Wildman–Crippen LogP) is 7.23. The van der Waals surface area contributed by atoms with Crippen LogP contribution in [0.3, 0.4) is 0 Å². The summed E-state index contributed by atoms with van der Waals surface area (Å²) in [4.78, 5) is 26.8. The number of rotatable bonds is 5. The van der Waals surface area contributed by atoms with Gasteiger partial charge in [0.25, 0.3) is 0 Å². The average molecular weight is 486 g/mol. The standard InChI is InChI=1S/C28H43N3O4/c1-18-10-8-9-11-22(18)23-17-31(29-24(23)20-12-13-20)21-14-19(15-21)16-30(25(32)34-27(2,3)4)26(33)35-28(5,6)7/h17,19-21H,8-16H2,1-7H3. The van der Waals surface area contributed by atoms with E-state index in [4.69, 9.17) is 14.6 Å². The van der Waals surface area contributed by atoms with Crippen molar-refractivity contribution in [2.24, 2.45) is 5.92 Å². The van der Waals surface area contributed by atoms with Crippen LogP contribution in [0.1, 0.15) is 123 Å².